The first-order valence-corrected chi connectivity index (χ1v) is 6.82. The van der Waals surface area contributed by atoms with E-state index in [4.69, 9.17) is 14.2 Å². The third-order valence-corrected chi connectivity index (χ3v) is 3.89. The van der Waals surface area contributed by atoms with Crippen LogP contribution < -0.4 is 0 Å². The summed E-state index contributed by atoms with van der Waals surface area (Å²) in [6.07, 6.45) is 4.07. The van der Waals surface area contributed by atoms with Crippen molar-refractivity contribution >= 4 is 0 Å². The van der Waals surface area contributed by atoms with Gasteiger partial charge in [0.2, 0.25) is 0 Å². The maximum absolute atomic E-state index is 6.00. The van der Waals surface area contributed by atoms with Gasteiger partial charge >= 0.3 is 0 Å². The Bertz CT molecular complexity index is 196. The summed E-state index contributed by atoms with van der Waals surface area (Å²) in [5.41, 5.74) is 0. The average Bonchev–Trinajstić information content (AvgIpc) is 2.32. The van der Waals surface area contributed by atoms with Gasteiger partial charge in [-0.15, -0.1) is 0 Å². The number of hydrogen-bond acceptors (Lipinski definition) is 3. The van der Waals surface area contributed by atoms with Crippen LogP contribution in [0.25, 0.3) is 0 Å². The molecule has 0 aliphatic heterocycles. The Hall–Kier alpha value is -0.120. The van der Waals surface area contributed by atoms with E-state index in [1.807, 2.05) is 0 Å². The molecule has 0 spiro atoms. The van der Waals surface area contributed by atoms with Crippen LogP contribution in [0, 0.1) is 17.8 Å². The lowest BCUT2D eigenvalue weighted by Crippen LogP contribution is -2.39. The van der Waals surface area contributed by atoms with Gasteiger partial charge in [0.25, 0.3) is 0 Å². The quantitative estimate of drug-likeness (QED) is 0.644. The molecule has 0 heterocycles. The van der Waals surface area contributed by atoms with E-state index in [9.17, 15) is 0 Å². The van der Waals surface area contributed by atoms with Gasteiger partial charge < -0.3 is 14.2 Å². The molecule has 1 rings (SSSR count). The number of ether oxygens (including phenoxy) is 3. The summed E-state index contributed by atoms with van der Waals surface area (Å²) in [4.78, 5) is 0. The second-order valence-corrected chi connectivity index (χ2v) is 5.27. The van der Waals surface area contributed by atoms with Crippen LogP contribution in [0.1, 0.15) is 33.1 Å². The van der Waals surface area contributed by atoms with Crippen LogP contribution in [0.15, 0.2) is 0 Å². The van der Waals surface area contributed by atoms with E-state index in [-0.39, 0.29) is 0 Å². The van der Waals surface area contributed by atoms with Gasteiger partial charge in [0, 0.05) is 20.8 Å². The van der Waals surface area contributed by atoms with E-state index in [1.165, 1.54) is 19.3 Å². The number of hydrogen-bond donors (Lipinski definition) is 0. The fraction of sp³-hybridized carbons (Fsp3) is 1.00. The molecule has 0 N–H and O–H groups in total. The van der Waals surface area contributed by atoms with Crippen molar-refractivity contribution in [3.8, 4) is 0 Å². The zero-order valence-corrected chi connectivity index (χ0v) is 11.8. The maximum atomic E-state index is 6.00. The van der Waals surface area contributed by atoms with E-state index in [0.29, 0.717) is 30.5 Å². The second-order valence-electron chi connectivity index (χ2n) is 5.27. The van der Waals surface area contributed by atoms with Crippen LogP contribution in [0.5, 0.6) is 0 Å². The van der Waals surface area contributed by atoms with Crippen molar-refractivity contribution in [1.29, 1.82) is 0 Å². The van der Waals surface area contributed by atoms with Gasteiger partial charge in [-0.3, -0.25) is 0 Å². The molecule has 0 unspecified atom stereocenters. The van der Waals surface area contributed by atoms with Crippen LogP contribution in [-0.4, -0.2) is 40.1 Å². The molecule has 1 aliphatic carbocycles. The first-order valence-electron chi connectivity index (χ1n) is 6.82. The molecule has 17 heavy (non-hydrogen) atoms. The first-order chi connectivity index (χ1) is 8.22. The molecule has 0 radical (unpaired) electrons. The molecular formula is C14H28O3. The highest BCUT2D eigenvalue weighted by Crippen LogP contribution is 2.37. The van der Waals surface area contributed by atoms with Gasteiger partial charge in [-0.25, -0.2) is 0 Å². The Kier molecular flexibility index (Phi) is 7.09. The van der Waals surface area contributed by atoms with Crippen LogP contribution in [0.3, 0.4) is 0 Å². The average molecular weight is 244 g/mol. The van der Waals surface area contributed by atoms with Crippen molar-refractivity contribution < 1.29 is 14.2 Å². The third-order valence-electron chi connectivity index (χ3n) is 3.89. The standard InChI is InChI=1S/C14H28O3/c1-5-13-9-12(10-16-4)8-11(2)14(13)17-7-6-15-3/h11-14H,5-10H2,1-4H3/t11-,12+,13+,14-/m0/s1. The van der Waals surface area contributed by atoms with Crippen LogP contribution in [0.2, 0.25) is 0 Å². The molecule has 1 saturated carbocycles. The van der Waals surface area contributed by atoms with Gasteiger partial charge in [0.1, 0.15) is 0 Å². The molecule has 1 fully saturated rings. The van der Waals surface area contributed by atoms with Crippen molar-refractivity contribution in [3.05, 3.63) is 0 Å². The minimum atomic E-state index is 0.406. The Labute approximate surface area is 106 Å². The highest BCUT2D eigenvalue weighted by Gasteiger charge is 2.35. The predicted molar refractivity (Wildman–Crippen MR) is 69.2 cm³/mol. The molecule has 102 valence electrons. The van der Waals surface area contributed by atoms with Crippen molar-refractivity contribution in [1.82, 2.24) is 0 Å². The molecule has 0 aromatic heterocycles. The number of rotatable bonds is 7. The summed E-state index contributed by atoms with van der Waals surface area (Å²) < 4.78 is 16.3. The SMILES string of the molecule is CC[C@@H]1C[C@H](COC)C[C@H](C)[C@@H]1OCCOC. The Morgan fingerprint density at radius 1 is 1.06 bits per heavy atom. The van der Waals surface area contributed by atoms with E-state index < -0.39 is 0 Å². The van der Waals surface area contributed by atoms with Gasteiger partial charge in [-0.2, -0.15) is 0 Å². The topological polar surface area (TPSA) is 27.7 Å². The fourth-order valence-corrected chi connectivity index (χ4v) is 3.12. The Morgan fingerprint density at radius 3 is 2.41 bits per heavy atom. The molecule has 4 atom stereocenters. The summed E-state index contributed by atoms with van der Waals surface area (Å²) in [6, 6.07) is 0. The minimum Gasteiger partial charge on any atom is -0.384 e. The van der Waals surface area contributed by atoms with Crippen LogP contribution in [0.4, 0.5) is 0 Å². The van der Waals surface area contributed by atoms with Gasteiger partial charge in [0.15, 0.2) is 0 Å². The highest BCUT2D eigenvalue weighted by atomic mass is 16.5. The minimum absolute atomic E-state index is 0.406. The third kappa shape index (κ3) is 4.57. The molecule has 1 aliphatic rings. The summed E-state index contributed by atoms with van der Waals surface area (Å²) in [5.74, 6) is 2.02. The van der Waals surface area contributed by atoms with E-state index in [0.717, 1.165) is 13.2 Å². The zero-order chi connectivity index (χ0) is 12.7. The Morgan fingerprint density at radius 2 is 1.82 bits per heavy atom. The van der Waals surface area contributed by atoms with Gasteiger partial charge in [-0.1, -0.05) is 20.3 Å². The zero-order valence-electron chi connectivity index (χ0n) is 11.8. The summed E-state index contributed by atoms with van der Waals surface area (Å²) >= 11 is 0. The summed E-state index contributed by atoms with van der Waals surface area (Å²) in [7, 11) is 3.52. The van der Waals surface area contributed by atoms with Crippen molar-refractivity contribution in [2.75, 3.05) is 34.0 Å². The summed E-state index contributed by atoms with van der Waals surface area (Å²) in [5, 5.41) is 0. The van der Waals surface area contributed by atoms with Crippen molar-refractivity contribution in [2.45, 2.75) is 39.2 Å². The molecule has 0 aromatic rings. The maximum Gasteiger partial charge on any atom is 0.0704 e. The number of methoxy groups -OCH3 is 2. The second kappa shape index (κ2) is 8.06. The lowest BCUT2D eigenvalue weighted by molar-refractivity contribution is -0.0767. The van der Waals surface area contributed by atoms with Gasteiger partial charge in [0.05, 0.1) is 19.3 Å². The molecular weight excluding hydrogens is 216 g/mol. The van der Waals surface area contributed by atoms with Crippen molar-refractivity contribution in [2.24, 2.45) is 17.8 Å². The summed E-state index contributed by atoms with van der Waals surface area (Å²) in [6.45, 7) is 6.88. The lowest BCUT2D eigenvalue weighted by atomic mass is 9.73. The molecule has 0 saturated heterocycles. The van der Waals surface area contributed by atoms with E-state index in [2.05, 4.69) is 13.8 Å². The van der Waals surface area contributed by atoms with Crippen LogP contribution >= 0.6 is 0 Å². The molecule has 3 nitrogen and oxygen atoms in total. The fourth-order valence-electron chi connectivity index (χ4n) is 3.12. The monoisotopic (exact) mass is 244 g/mol. The normalized spacial score (nSPS) is 33.9. The largest absolute Gasteiger partial charge is 0.384 e. The van der Waals surface area contributed by atoms with E-state index >= 15 is 0 Å². The molecule has 0 amide bonds. The highest BCUT2D eigenvalue weighted by molar-refractivity contribution is 4.84. The smallest absolute Gasteiger partial charge is 0.0704 e. The van der Waals surface area contributed by atoms with E-state index in [1.54, 1.807) is 14.2 Å². The van der Waals surface area contributed by atoms with Gasteiger partial charge in [-0.05, 0) is 30.6 Å². The first kappa shape index (κ1) is 14.9. The molecule has 0 aromatic carbocycles. The lowest BCUT2D eigenvalue weighted by Gasteiger charge is -2.40. The molecule has 0 bridgehead atoms. The van der Waals surface area contributed by atoms with Crippen molar-refractivity contribution in [3.63, 3.8) is 0 Å². The van der Waals surface area contributed by atoms with Crippen LogP contribution in [-0.2, 0) is 14.2 Å². The predicted octanol–water partition coefficient (Wildman–Crippen LogP) is 2.74. The Balaban J connectivity index is 2.46. The molecule has 3 heteroatoms.